The Hall–Kier alpha value is -1.16. The topological polar surface area (TPSA) is 42.0 Å². The van der Waals surface area contributed by atoms with Gasteiger partial charge in [-0.3, -0.25) is 4.79 Å². The van der Waals surface area contributed by atoms with Crippen LogP contribution >= 0.6 is 15.9 Å². The molecule has 3 nitrogen and oxygen atoms in total. The standard InChI is InChI=1S/C9H9BrN2O/c1-3-9(13)12-7-4-5-8(10)11-6(7)2/h3-5H,1H2,2H3,(H,12,13). The molecule has 0 radical (unpaired) electrons. The molecule has 0 saturated heterocycles. The van der Waals surface area contributed by atoms with E-state index in [1.807, 2.05) is 6.92 Å². The zero-order valence-electron chi connectivity index (χ0n) is 7.17. The Kier molecular flexibility index (Phi) is 3.19. The summed E-state index contributed by atoms with van der Waals surface area (Å²) in [5.41, 5.74) is 1.47. The van der Waals surface area contributed by atoms with E-state index in [1.54, 1.807) is 12.1 Å². The van der Waals surface area contributed by atoms with Gasteiger partial charge >= 0.3 is 0 Å². The summed E-state index contributed by atoms with van der Waals surface area (Å²) in [5.74, 6) is -0.229. The summed E-state index contributed by atoms with van der Waals surface area (Å²) in [4.78, 5) is 15.1. The largest absolute Gasteiger partial charge is 0.321 e. The highest BCUT2D eigenvalue weighted by atomic mass is 79.9. The molecule has 0 bridgehead atoms. The van der Waals surface area contributed by atoms with Crippen LogP contribution in [0, 0.1) is 6.92 Å². The predicted molar refractivity (Wildman–Crippen MR) is 55.5 cm³/mol. The van der Waals surface area contributed by atoms with Gasteiger partial charge in [0.1, 0.15) is 4.60 Å². The summed E-state index contributed by atoms with van der Waals surface area (Å²) >= 11 is 3.24. The fourth-order valence-electron chi connectivity index (χ4n) is 0.846. The lowest BCUT2D eigenvalue weighted by Gasteiger charge is -2.04. The molecule has 1 aromatic heterocycles. The summed E-state index contributed by atoms with van der Waals surface area (Å²) < 4.78 is 0.751. The molecule has 0 aliphatic heterocycles. The first-order chi connectivity index (χ1) is 6.13. The fourth-order valence-corrected chi connectivity index (χ4v) is 1.24. The van der Waals surface area contributed by atoms with Gasteiger partial charge in [0, 0.05) is 0 Å². The van der Waals surface area contributed by atoms with Crippen molar-refractivity contribution >= 4 is 27.5 Å². The van der Waals surface area contributed by atoms with Crippen molar-refractivity contribution < 1.29 is 4.79 Å². The first-order valence-electron chi connectivity index (χ1n) is 3.70. The third-order valence-electron chi connectivity index (χ3n) is 1.50. The van der Waals surface area contributed by atoms with Crippen LogP contribution in [0.5, 0.6) is 0 Å². The molecule has 1 aromatic rings. The van der Waals surface area contributed by atoms with Crippen molar-refractivity contribution in [1.29, 1.82) is 0 Å². The molecule has 1 rings (SSSR count). The molecule has 0 saturated carbocycles. The lowest BCUT2D eigenvalue weighted by Crippen LogP contribution is -2.09. The number of rotatable bonds is 2. The van der Waals surface area contributed by atoms with Crippen LogP contribution in [0.2, 0.25) is 0 Å². The van der Waals surface area contributed by atoms with Gasteiger partial charge in [-0.2, -0.15) is 0 Å². The van der Waals surface area contributed by atoms with E-state index in [1.165, 1.54) is 6.08 Å². The number of halogens is 1. The van der Waals surface area contributed by atoms with Gasteiger partial charge < -0.3 is 5.32 Å². The van der Waals surface area contributed by atoms with Crippen LogP contribution in [0.1, 0.15) is 5.69 Å². The average Bonchev–Trinajstić information content (AvgIpc) is 2.09. The molecule has 0 unspecified atom stereocenters. The second-order valence-corrected chi connectivity index (χ2v) is 3.27. The van der Waals surface area contributed by atoms with E-state index in [2.05, 4.69) is 32.8 Å². The van der Waals surface area contributed by atoms with Crippen LogP contribution in [-0.2, 0) is 4.79 Å². The zero-order chi connectivity index (χ0) is 9.84. The molecule has 0 atom stereocenters. The molecule has 0 fully saturated rings. The molecule has 4 heteroatoms. The molecule has 0 aliphatic carbocycles. The first kappa shape index (κ1) is 9.92. The second-order valence-electron chi connectivity index (χ2n) is 2.46. The second kappa shape index (κ2) is 4.18. The number of nitrogens with zero attached hydrogens (tertiary/aromatic N) is 1. The van der Waals surface area contributed by atoms with E-state index in [4.69, 9.17) is 0 Å². The molecule has 0 aromatic carbocycles. The van der Waals surface area contributed by atoms with Gasteiger partial charge in [0.2, 0.25) is 5.91 Å². The third-order valence-corrected chi connectivity index (χ3v) is 1.94. The summed E-state index contributed by atoms with van der Waals surface area (Å²) in [6, 6.07) is 3.56. The van der Waals surface area contributed by atoms with Crippen LogP contribution in [-0.4, -0.2) is 10.9 Å². The molecule has 1 heterocycles. The van der Waals surface area contributed by atoms with Crippen LogP contribution in [0.4, 0.5) is 5.69 Å². The number of nitrogens with one attached hydrogen (secondary N) is 1. The maximum Gasteiger partial charge on any atom is 0.247 e. The highest BCUT2D eigenvalue weighted by molar-refractivity contribution is 9.10. The molecule has 1 amide bonds. The fraction of sp³-hybridized carbons (Fsp3) is 0.111. The number of carbonyl (C=O) groups is 1. The molecule has 13 heavy (non-hydrogen) atoms. The predicted octanol–water partition coefficient (Wildman–Crippen LogP) is 2.28. The minimum absolute atomic E-state index is 0.229. The number of carbonyl (C=O) groups excluding carboxylic acids is 1. The van der Waals surface area contributed by atoms with E-state index in [0.717, 1.165) is 10.3 Å². The Morgan fingerprint density at radius 3 is 2.92 bits per heavy atom. The normalized spacial score (nSPS) is 9.38. The number of pyridine rings is 1. The van der Waals surface area contributed by atoms with E-state index in [-0.39, 0.29) is 5.91 Å². The van der Waals surface area contributed by atoms with Crippen LogP contribution < -0.4 is 5.32 Å². The SMILES string of the molecule is C=CC(=O)Nc1ccc(Br)nc1C. The van der Waals surface area contributed by atoms with Gasteiger partial charge in [-0.15, -0.1) is 0 Å². The van der Waals surface area contributed by atoms with E-state index in [0.29, 0.717) is 5.69 Å². The number of aryl methyl sites for hydroxylation is 1. The van der Waals surface area contributed by atoms with Gasteiger partial charge in [-0.1, -0.05) is 6.58 Å². The van der Waals surface area contributed by atoms with E-state index < -0.39 is 0 Å². The Balaban J connectivity index is 2.89. The van der Waals surface area contributed by atoms with Crippen LogP contribution in [0.3, 0.4) is 0 Å². The lowest BCUT2D eigenvalue weighted by molar-refractivity contribution is -0.111. The number of aromatic nitrogens is 1. The lowest BCUT2D eigenvalue weighted by atomic mass is 10.3. The molecule has 68 valence electrons. The number of amides is 1. The summed E-state index contributed by atoms with van der Waals surface area (Å²) in [5, 5.41) is 2.65. The smallest absolute Gasteiger partial charge is 0.247 e. The minimum atomic E-state index is -0.229. The quantitative estimate of drug-likeness (QED) is 0.637. The average molecular weight is 241 g/mol. The van der Waals surface area contributed by atoms with E-state index >= 15 is 0 Å². The van der Waals surface area contributed by atoms with Crippen molar-refractivity contribution in [3.05, 3.63) is 35.1 Å². The highest BCUT2D eigenvalue weighted by Gasteiger charge is 2.01. The third kappa shape index (κ3) is 2.66. The highest BCUT2D eigenvalue weighted by Crippen LogP contribution is 2.15. The summed E-state index contributed by atoms with van der Waals surface area (Å²) in [6.45, 7) is 5.19. The maximum absolute atomic E-state index is 10.9. The molecule has 0 aliphatic rings. The summed E-state index contributed by atoms with van der Waals surface area (Å²) in [6.07, 6.45) is 1.22. The van der Waals surface area contributed by atoms with Crippen molar-refractivity contribution in [2.24, 2.45) is 0 Å². The monoisotopic (exact) mass is 240 g/mol. The molecular weight excluding hydrogens is 232 g/mol. The van der Waals surface area contributed by atoms with Crippen molar-refractivity contribution in [3.63, 3.8) is 0 Å². The first-order valence-corrected chi connectivity index (χ1v) is 4.49. The van der Waals surface area contributed by atoms with Crippen molar-refractivity contribution in [3.8, 4) is 0 Å². The van der Waals surface area contributed by atoms with Gasteiger partial charge in [0.05, 0.1) is 11.4 Å². The van der Waals surface area contributed by atoms with Gasteiger partial charge in [0.15, 0.2) is 0 Å². The summed E-state index contributed by atoms with van der Waals surface area (Å²) in [7, 11) is 0. The zero-order valence-corrected chi connectivity index (χ0v) is 8.76. The number of anilines is 1. The van der Waals surface area contributed by atoms with E-state index in [9.17, 15) is 4.79 Å². The van der Waals surface area contributed by atoms with Crippen LogP contribution in [0.25, 0.3) is 0 Å². The van der Waals surface area contributed by atoms with Crippen molar-refractivity contribution in [2.75, 3.05) is 5.32 Å². The Bertz CT molecular complexity index is 349. The van der Waals surface area contributed by atoms with Crippen molar-refractivity contribution in [2.45, 2.75) is 6.92 Å². The Labute approximate surface area is 85.0 Å². The van der Waals surface area contributed by atoms with Crippen molar-refractivity contribution in [1.82, 2.24) is 4.98 Å². The van der Waals surface area contributed by atoms with Gasteiger partial charge in [-0.05, 0) is 41.1 Å². The molecular formula is C9H9BrN2O. The van der Waals surface area contributed by atoms with Gasteiger partial charge in [0.25, 0.3) is 0 Å². The minimum Gasteiger partial charge on any atom is -0.321 e. The van der Waals surface area contributed by atoms with Crippen LogP contribution in [0.15, 0.2) is 29.4 Å². The number of hydrogen-bond donors (Lipinski definition) is 1. The van der Waals surface area contributed by atoms with Gasteiger partial charge in [-0.25, -0.2) is 4.98 Å². The maximum atomic E-state index is 10.9. The Morgan fingerprint density at radius 2 is 2.38 bits per heavy atom. The molecule has 1 N–H and O–H groups in total. The Morgan fingerprint density at radius 1 is 1.69 bits per heavy atom. The number of hydrogen-bond acceptors (Lipinski definition) is 2. The molecule has 0 spiro atoms.